The summed E-state index contributed by atoms with van der Waals surface area (Å²) in [6, 6.07) is 7.77. The Bertz CT molecular complexity index is 918. The van der Waals surface area contributed by atoms with E-state index >= 15 is 0 Å². The molecule has 0 aromatic heterocycles. The fourth-order valence-electron chi connectivity index (χ4n) is 2.25. The Morgan fingerprint density at radius 2 is 1.88 bits per heavy atom. The zero-order valence-electron chi connectivity index (χ0n) is 13.3. The molecule has 0 N–H and O–H groups in total. The van der Waals surface area contributed by atoms with Gasteiger partial charge in [-0.2, -0.15) is 0 Å². The van der Waals surface area contributed by atoms with Gasteiger partial charge in [-0.3, -0.25) is 14.4 Å². The van der Waals surface area contributed by atoms with E-state index in [1.54, 1.807) is 6.92 Å². The molecule has 0 saturated carbocycles. The van der Waals surface area contributed by atoms with Gasteiger partial charge in [-0.1, -0.05) is 23.2 Å². The van der Waals surface area contributed by atoms with Crippen LogP contribution in [0.15, 0.2) is 41.3 Å². The van der Waals surface area contributed by atoms with Gasteiger partial charge in [0.05, 0.1) is 17.1 Å². The van der Waals surface area contributed by atoms with Crippen molar-refractivity contribution < 1.29 is 18.1 Å². The molecule has 0 heterocycles. The highest BCUT2D eigenvalue weighted by atomic mass is 35.5. The Balaban J connectivity index is 2.68. The molecule has 0 unspecified atom stereocenters. The SMILES string of the molecule is CCN(c1cc([N+](=O)[O-])ccc1OC)S(=O)(=O)c1cc(Cl)ccc1Cl. The maximum Gasteiger partial charge on any atom is 0.271 e. The molecule has 10 heteroatoms. The predicted octanol–water partition coefficient (Wildman–Crippen LogP) is 4.13. The lowest BCUT2D eigenvalue weighted by Gasteiger charge is -2.25. The van der Waals surface area contributed by atoms with E-state index in [1.165, 1.54) is 37.4 Å². The molecule has 0 saturated heterocycles. The lowest BCUT2D eigenvalue weighted by molar-refractivity contribution is -0.384. The van der Waals surface area contributed by atoms with E-state index in [-0.39, 0.29) is 38.6 Å². The molecule has 0 spiro atoms. The monoisotopic (exact) mass is 404 g/mol. The number of methoxy groups -OCH3 is 1. The number of rotatable bonds is 6. The van der Waals surface area contributed by atoms with Crippen LogP contribution < -0.4 is 9.04 Å². The van der Waals surface area contributed by atoms with E-state index in [9.17, 15) is 18.5 Å². The quantitative estimate of drug-likeness (QED) is 0.533. The largest absolute Gasteiger partial charge is 0.495 e. The van der Waals surface area contributed by atoms with Crippen LogP contribution in [0.3, 0.4) is 0 Å². The predicted molar refractivity (Wildman–Crippen MR) is 96.3 cm³/mol. The van der Waals surface area contributed by atoms with Crippen molar-refractivity contribution in [3.8, 4) is 5.75 Å². The van der Waals surface area contributed by atoms with Gasteiger partial charge in [-0.05, 0) is 31.2 Å². The van der Waals surface area contributed by atoms with E-state index in [1.807, 2.05) is 0 Å². The lowest BCUT2D eigenvalue weighted by atomic mass is 10.2. The van der Waals surface area contributed by atoms with Crippen molar-refractivity contribution in [1.82, 2.24) is 0 Å². The highest BCUT2D eigenvalue weighted by Gasteiger charge is 2.29. The number of hydrogen-bond acceptors (Lipinski definition) is 5. The van der Waals surface area contributed by atoms with Crippen molar-refractivity contribution in [2.75, 3.05) is 18.0 Å². The van der Waals surface area contributed by atoms with Crippen LogP contribution in [0.4, 0.5) is 11.4 Å². The number of nitro groups is 1. The highest BCUT2D eigenvalue weighted by molar-refractivity contribution is 7.93. The molecule has 2 aromatic carbocycles. The van der Waals surface area contributed by atoms with Crippen molar-refractivity contribution in [2.45, 2.75) is 11.8 Å². The summed E-state index contributed by atoms with van der Waals surface area (Å²) >= 11 is 11.9. The fourth-order valence-corrected chi connectivity index (χ4v) is 4.47. The molecule has 134 valence electrons. The first-order valence-electron chi connectivity index (χ1n) is 7.02. The molecule has 7 nitrogen and oxygen atoms in total. The summed E-state index contributed by atoms with van der Waals surface area (Å²) in [4.78, 5) is 10.2. The summed E-state index contributed by atoms with van der Waals surface area (Å²) in [6.45, 7) is 1.59. The Kier molecular flexibility index (Phi) is 5.76. The molecule has 0 aliphatic rings. The van der Waals surface area contributed by atoms with E-state index in [2.05, 4.69) is 0 Å². The summed E-state index contributed by atoms with van der Waals surface area (Å²) < 4.78 is 32.2. The van der Waals surface area contributed by atoms with Gasteiger partial charge in [0, 0.05) is 23.7 Å². The third-order valence-electron chi connectivity index (χ3n) is 3.39. The van der Waals surface area contributed by atoms with Crippen LogP contribution in [0.2, 0.25) is 10.0 Å². The molecule has 2 rings (SSSR count). The van der Waals surface area contributed by atoms with E-state index in [4.69, 9.17) is 27.9 Å². The van der Waals surface area contributed by atoms with Crippen LogP contribution in [0, 0.1) is 10.1 Å². The number of non-ortho nitro benzene ring substituents is 1. The molecule has 0 aliphatic carbocycles. The van der Waals surface area contributed by atoms with Gasteiger partial charge in [0.1, 0.15) is 16.3 Å². The Morgan fingerprint density at radius 1 is 1.20 bits per heavy atom. The maximum absolute atomic E-state index is 13.0. The molecular formula is C15H14Cl2N2O5S. The van der Waals surface area contributed by atoms with E-state index in [0.717, 1.165) is 10.4 Å². The average Bonchev–Trinajstić information content (AvgIpc) is 2.57. The number of nitro benzene ring substituents is 1. The van der Waals surface area contributed by atoms with Gasteiger partial charge >= 0.3 is 0 Å². The van der Waals surface area contributed by atoms with Crippen LogP contribution in [-0.2, 0) is 10.0 Å². The number of nitrogens with zero attached hydrogens (tertiary/aromatic N) is 2. The number of hydrogen-bond donors (Lipinski definition) is 0. The van der Waals surface area contributed by atoms with Crippen LogP contribution >= 0.6 is 23.2 Å². The van der Waals surface area contributed by atoms with Gasteiger partial charge in [0.25, 0.3) is 15.7 Å². The number of sulfonamides is 1. The second-order valence-corrected chi connectivity index (χ2v) is 7.53. The van der Waals surface area contributed by atoms with Crippen molar-refractivity contribution in [2.24, 2.45) is 0 Å². The summed E-state index contributed by atoms with van der Waals surface area (Å²) in [5, 5.41) is 11.2. The Morgan fingerprint density at radius 3 is 2.44 bits per heavy atom. The number of ether oxygens (including phenoxy) is 1. The third-order valence-corrected chi connectivity index (χ3v) is 6.00. The van der Waals surface area contributed by atoms with Gasteiger partial charge in [0.2, 0.25) is 0 Å². The van der Waals surface area contributed by atoms with E-state index < -0.39 is 14.9 Å². The number of benzene rings is 2. The van der Waals surface area contributed by atoms with Crippen LogP contribution in [-0.4, -0.2) is 27.0 Å². The summed E-state index contributed by atoms with van der Waals surface area (Å²) in [5.74, 6) is 0.175. The minimum Gasteiger partial charge on any atom is -0.495 e. The van der Waals surface area contributed by atoms with E-state index in [0.29, 0.717) is 0 Å². The van der Waals surface area contributed by atoms with Crippen molar-refractivity contribution >= 4 is 44.6 Å². The molecular weight excluding hydrogens is 391 g/mol. The zero-order valence-corrected chi connectivity index (χ0v) is 15.6. The van der Waals surface area contributed by atoms with Gasteiger partial charge in [0.15, 0.2) is 0 Å². The third kappa shape index (κ3) is 3.81. The summed E-state index contributed by atoms with van der Waals surface area (Å²) in [7, 11) is -2.77. The summed E-state index contributed by atoms with van der Waals surface area (Å²) in [6.07, 6.45) is 0. The standard InChI is InChI=1S/C15H14Cl2N2O5S/c1-3-18(13-9-11(19(20)21)5-7-14(13)24-2)25(22,23)15-8-10(16)4-6-12(15)17/h4-9H,3H2,1-2H3. The normalized spacial score (nSPS) is 11.2. The number of halogens is 2. The minimum atomic E-state index is -4.12. The fraction of sp³-hybridized carbons (Fsp3) is 0.200. The van der Waals surface area contributed by atoms with Crippen LogP contribution in [0.25, 0.3) is 0 Å². The Hall–Kier alpha value is -2.03. The van der Waals surface area contributed by atoms with Crippen molar-refractivity contribution in [3.05, 3.63) is 56.6 Å². The molecule has 0 radical (unpaired) electrons. The second-order valence-electron chi connectivity index (χ2n) is 4.86. The molecule has 0 amide bonds. The molecule has 0 fully saturated rings. The first-order chi connectivity index (χ1) is 11.7. The minimum absolute atomic E-state index is 0.00268. The molecule has 2 aromatic rings. The molecule has 25 heavy (non-hydrogen) atoms. The van der Waals surface area contributed by atoms with Gasteiger partial charge < -0.3 is 4.74 Å². The van der Waals surface area contributed by atoms with Crippen molar-refractivity contribution in [1.29, 1.82) is 0 Å². The van der Waals surface area contributed by atoms with Crippen LogP contribution in [0.5, 0.6) is 5.75 Å². The smallest absolute Gasteiger partial charge is 0.271 e. The first-order valence-corrected chi connectivity index (χ1v) is 9.22. The molecule has 0 aliphatic heterocycles. The highest BCUT2D eigenvalue weighted by Crippen LogP contribution is 2.37. The lowest BCUT2D eigenvalue weighted by Crippen LogP contribution is -2.31. The Labute approximate surface area is 154 Å². The van der Waals surface area contributed by atoms with Gasteiger partial charge in [-0.25, -0.2) is 8.42 Å². The topological polar surface area (TPSA) is 89.8 Å². The molecule has 0 atom stereocenters. The second kappa shape index (κ2) is 7.47. The van der Waals surface area contributed by atoms with Crippen molar-refractivity contribution in [3.63, 3.8) is 0 Å². The number of anilines is 1. The summed E-state index contributed by atoms with van der Waals surface area (Å²) in [5.41, 5.74) is -0.225. The zero-order chi connectivity index (χ0) is 18.8. The average molecular weight is 405 g/mol. The van der Waals surface area contributed by atoms with Gasteiger partial charge in [-0.15, -0.1) is 0 Å². The maximum atomic E-state index is 13.0. The van der Waals surface area contributed by atoms with Crippen LogP contribution in [0.1, 0.15) is 6.92 Å². The first kappa shape index (κ1) is 19.3. The molecule has 0 bridgehead atoms.